The predicted octanol–water partition coefficient (Wildman–Crippen LogP) is 2.37. The topological polar surface area (TPSA) is 141 Å². The lowest BCUT2D eigenvalue weighted by Crippen LogP contribution is -2.61. The zero-order valence-electron chi connectivity index (χ0n) is 21.9. The van der Waals surface area contributed by atoms with Crippen LogP contribution in [-0.2, 0) is 52.4 Å². The molecule has 0 radical (unpaired) electrons. The molecule has 11 nitrogen and oxygen atoms in total. The third-order valence-corrected chi connectivity index (χ3v) is 5.24. The van der Waals surface area contributed by atoms with E-state index in [0.717, 1.165) is 0 Å². The maximum Gasteiger partial charge on any atom is 0.336 e. The van der Waals surface area contributed by atoms with E-state index in [1.165, 1.54) is 0 Å². The molecule has 0 spiro atoms. The van der Waals surface area contributed by atoms with Gasteiger partial charge in [0.15, 0.2) is 12.2 Å². The standard InChI is InChI=1S/C25H40O11/c1-6-11-31-21(26)16-17(22(27)32-12-7-2)19(24(29)34-14-9-4)36-20(25(30)35-15-10-5)18(16)23(28)33-13-8-3/h16-20H,6-15H2,1-5H3. The zero-order chi connectivity index (χ0) is 27.1. The van der Waals surface area contributed by atoms with E-state index in [0.29, 0.717) is 32.1 Å². The lowest BCUT2D eigenvalue weighted by atomic mass is 9.73. The molecule has 0 bridgehead atoms. The van der Waals surface area contributed by atoms with Crippen molar-refractivity contribution in [3.63, 3.8) is 0 Å². The lowest BCUT2D eigenvalue weighted by molar-refractivity contribution is -0.217. The van der Waals surface area contributed by atoms with E-state index < -0.39 is 59.8 Å². The number of hydrogen-bond acceptors (Lipinski definition) is 11. The van der Waals surface area contributed by atoms with Crippen LogP contribution in [0.5, 0.6) is 0 Å². The molecule has 1 heterocycles. The summed E-state index contributed by atoms with van der Waals surface area (Å²) < 4.78 is 32.0. The zero-order valence-corrected chi connectivity index (χ0v) is 21.9. The minimum absolute atomic E-state index is 0.000455. The van der Waals surface area contributed by atoms with Gasteiger partial charge in [-0.15, -0.1) is 0 Å². The summed E-state index contributed by atoms with van der Waals surface area (Å²) >= 11 is 0. The van der Waals surface area contributed by atoms with Crippen molar-refractivity contribution < 1.29 is 52.4 Å². The molecule has 0 amide bonds. The molecule has 4 unspecified atom stereocenters. The molecule has 1 rings (SSSR count). The third-order valence-electron chi connectivity index (χ3n) is 5.24. The van der Waals surface area contributed by atoms with Crippen molar-refractivity contribution in [1.29, 1.82) is 0 Å². The highest BCUT2D eigenvalue weighted by atomic mass is 16.6. The molecular formula is C25H40O11. The van der Waals surface area contributed by atoms with Crippen LogP contribution in [0.2, 0.25) is 0 Å². The molecule has 1 aliphatic rings. The van der Waals surface area contributed by atoms with E-state index in [1.807, 2.05) is 0 Å². The van der Waals surface area contributed by atoms with E-state index >= 15 is 0 Å². The fraction of sp³-hybridized carbons (Fsp3) is 0.800. The van der Waals surface area contributed by atoms with E-state index in [9.17, 15) is 24.0 Å². The Balaban J connectivity index is 3.65. The first-order valence-electron chi connectivity index (χ1n) is 12.8. The minimum Gasteiger partial charge on any atom is -0.465 e. The van der Waals surface area contributed by atoms with E-state index in [4.69, 9.17) is 28.4 Å². The Morgan fingerprint density at radius 2 is 0.694 bits per heavy atom. The first-order valence-corrected chi connectivity index (χ1v) is 12.8. The van der Waals surface area contributed by atoms with Crippen molar-refractivity contribution in [1.82, 2.24) is 0 Å². The van der Waals surface area contributed by atoms with Gasteiger partial charge in [-0.2, -0.15) is 0 Å². The quantitative estimate of drug-likeness (QED) is 0.234. The van der Waals surface area contributed by atoms with Gasteiger partial charge in [-0.25, -0.2) is 9.59 Å². The summed E-state index contributed by atoms with van der Waals surface area (Å²) in [5.41, 5.74) is 0. The smallest absolute Gasteiger partial charge is 0.336 e. The van der Waals surface area contributed by atoms with Crippen LogP contribution >= 0.6 is 0 Å². The molecule has 1 fully saturated rings. The molecule has 0 saturated carbocycles. The number of carbonyl (C=O) groups excluding carboxylic acids is 5. The van der Waals surface area contributed by atoms with Crippen LogP contribution in [-0.4, -0.2) is 75.1 Å². The van der Waals surface area contributed by atoms with E-state index in [-0.39, 0.29) is 33.0 Å². The second-order valence-corrected chi connectivity index (χ2v) is 8.39. The summed E-state index contributed by atoms with van der Waals surface area (Å²) in [6, 6.07) is 0. The largest absolute Gasteiger partial charge is 0.465 e. The predicted molar refractivity (Wildman–Crippen MR) is 125 cm³/mol. The third kappa shape index (κ3) is 8.76. The fourth-order valence-electron chi connectivity index (χ4n) is 3.63. The van der Waals surface area contributed by atoms with Gasteiger partial charge >= 0.3 is 29.8 Å². The van der Waals surface area contributed by atoms with Crippen LogP contribution in [0.1, 0.15) is 66.7 Å². The highest BCUT2D eigenvalue weighted by Crippen LogP contribution is 2.39. The Morgan fingerprint density at radius 3 is 0.972 bits per heavy atom. The molecule has 0 aromatic rings. The number of carbonyl (C=O) groups is 5. The van der Waals surface area contributed by atoms with Gasteiger partial charge in [-0.05, 0) is 32.1 Å². The molecule has 0 N–H and O–H groups in total. The van der Waals surface area contributed by atoms with Crippen LogP contribution in [0.15, 0.2) is 0 Å². The van der Waals surface area contributed by atoms with Gasteiger partial charge in [0.2, 0.25) is 0 Å². The average molecular weight is 517 g/mol. The molecule has 36 heavy (non-hydrogen) atoms. The van der Waals surface area contributed by atoms with Crippen molar-refractivity contribution in [3.05, 3.63) is 0 Å². The second-order valence-electron chi connectivity index (χ2n) is 8.39. The number of esters is 5. The molecule has 1 aliphatic heterocycles. The molecule has 1 saturated heterocycles. The Morgan fingerprint density at radius 1 is 0.444 bits per heavy atom. The molecular weight excluding hydrogens is 476 g/mol. The highest BCUT2D eigenvalue weighted by Gasteiger charge is 2.61. The molecule has 0 aliphatic carbocycles. The van der Waals surface area contributed by atoms with Crippen LogP contribution in [0, 0.1) is 17.8 Å². The minimum atomic E-state index is -1.70. The van der Waals surface area contributed by atoms with Crippen LogP contribution in [0.25, 0.3) is 0 Å². The van der Waals surface area contributed by atoms with E-state index in [2.05, 4.69) is 0 Å². The number of ether oxygens (including phenoxy) is 6. The van der Waals surface area contributed by atoms with Gasteiger partial charge in [0.1, 0.15) is 11.8 Å². The van der Waals surface area contributed by atoms with Crippen molar-refractivity contribution in [2.24, 2.45) is 17.8 Å². The van der Waals surface area contributed by atoms with Crippen LogP contribution < -0.4 is 0 Å². The van der Waals surface area contributed by atoms with E-state index in [1.54, 1.807) is 34.6 Å². The van der Waals surface area contributed by atoms with Gasteiger partial charge in [-0.3, -0.25) is 14.4 Å². The summed E-state index contributed by atoms with van der Waals surface area (Å²) in [6.07, 6.45) is -1.01. The monoisotopic (exact) mass is 516 g/mol. The Kier molecular flexibility index (Phi) is 14.7. The lowest BCUT2D eigenvalue weighted by Gasteiger charge is -2.41. The Labute approximate surface area is 212 Å². The first kappa shape index (κ1) is 31.3. The van der Waals surface area contributed by atoms with Crippen molar-refractivity contribution in [2.45, 2.75) is 78.9 Å². The Hall–Kier alpha value is -2.69. The number of rotatable bonds is 15. The summed E-state index contributed by atoms with van der Waals surface area (Å²) in [7, 11) is 0. The van der Waals surface area contributed by atoms with Gasteiger partial charge in [0.25, 0.3) is 0 Å². The molecule has 0 aromatic carbocycles. The Bertz CT molecular complexity index is 686. The highest BCUT2D eigenvalue weighted by molar-refractivity contribution is 5.95. The van der Waals surface area contributed by atoms with Crippen molar-refractivity contribution in [3.8, 4) is 0 Å². The van der Waals surface area contributed by atoms with Gasteiger partial charge in [-0.1, -0.05) is 34.6 Å². The first-order chi connectivity index (χ1) is 17.3. The van der Waals surface area contributed by atoms with Crippen LogP contribution in [0.3, 0.4) is 0 Å². The summed E-state index contributed by atoms with van der Waals surface area (Å²) in [4.78, 5) is 65.6. The van der Waals surface area contributed by atoms with Gasteiger partial charge in [0.05, 0.1) is 39.0 Å². The maximum absolute atomic E-state index is 13.3. The van der Waals surface area contributed by atoms with Gasteiger partial charge < -0.3 is 28.4 Å². The molecule has 0 aromatic heterocycles. The average Bonchev–Trinajstić information content (AvgIpc) is 2.89. The fourth-order valence-corrected chi connectivity index (χ4v) is 3.63. The SMILES string of the molecule is CCCOC(=O)C1OC(C(=O)OCCC)C(C(=O)OCCC)C(C(=O)OCCC)C1C(=O)OCCC. The molecule has 11 heteroatoms. The van der Waals surface area contributed by atoms with Gasteiger partial charge in [0, 0.05) is 0 Å². The summed E-state index contributed by atoms with van der Waals surface area (Å²) in [5.74, 6) is -9.55. The normalized spacial score (nSPS) is 23.3. The molecule has 4 atom stereocenters. The van der Waals surface area contributed by atoms with Crippen molar-refractivity contribution >= 4 is 29.8 Å². The number of hydrogen-bond donors (Lipinski definition) is 0. The molecule has 206 valence electrons. The summed E-state index contributed by atoms with van der Waals surface area (Å²) in [6.45, 7) is 8.93. The second kappa shape index (κ2) is 16.9. The van der Waals surface area contributed by atoms with Crippen LogP contribution in [0.4, 0.5) is 0 Å². The summed E-state index contributed by atoms with van der Waals surface area (Å²) in [5, 5.41) is 0. The maximum atomic E-state index is 13.3. The van der Waals surface area contributed by atoms with Crippen molar-refractivity contribution in [2.75, 3.05) is 33.0 Å².